The van der Waals surface area contributed by atoms with Gasteiger partial charge in [-0.15, -0.1) is 11.3 Å². The number of aryl methyl sites for hydroxylation is 1. The predicted octanol–water partition coefficient (Wildman–Crippen LogP) is 5.31. The third-order valence-corrected chi connectivity index (χ3v) is 7.23. The molecule has 3 N–H and O–H groups in total. The summed E-state index contributed by atoms with van der Waals surface area (Å²) in [6.07, 6.45) is 1.20. The van der Waals surface area contributed by atoms with Crippen LogP contribution in [-0.4, -0.2) is 21.7 Å². The molecule has 1 aromatic heterocycles. The minimum Gasteiger partial charge on any atom is -0.365 e. The van der Waals surface area contributed by atoms with Gasteiger partial charge in [0.15, 0.2) is 4.34 Å². The van der Waals surface area contributed by atoms with Crippen LogP contribution in [0.15, 0.2) is 75.5 Å². The number of nitrogens with two attached hydrogens (primary N) is 1. The molecule has 178 valence electrons. The Kier molecular flexibility index (Phi) is 7.10. The molecule has 0 aliphatic rings. The summed E-state index contributed by atoms with van der Waals surface area (Å²) in [7, 11) is 0. The van der Waals surface area contributed by atoms with Crippen molar-refractivity contribution in [1.29, 1.82) is 5.26 Å². The van der Waals surface area contributed by atoms with Gasteiger partial charge in [-0.1, -0.05) is 36.0 Å². The van der Waals surface area contributed by atoms with Crippen LogP contribution >= 0.6 is 23.1 Å². The van der Waals surface area contributed by atoms with E-state index >= 15 is 0 Å². The second kappa shape index (κ2) is 10.4. The molecule has 0 saturated heterocycles. The van der Waals surface area contributed by atoms with E-state index in [0.717, 1.165) is 22.0 Å². The molecular weight excluding hydrogens is 498 g/mol. The smallest absolute Gasteiger partial charge is 0.283 e. The highest BCUT2D eigenvalue weighted by molar-refractivity contribution is 8.01. The molecule has 0 aliphatic heterocycles. The molecule has 3 aromatic carbocycles. The van der Waals surface area contributed by atoms with Crippen LogP contribution in [0.1, 0.15) is 21.5 Å². The lowest BCUT2D eigenvalue weighted by Crippen LogP contribution is -2.13. The Hall–Kier alpha value is -4.53. The fourth-order valence-corrected chi connectivity index (χ4v) is 5.47. The van der Waals surface area contributed by atoms with Gasteiger partial charge >= 0.3 is 0 Å². The van der Waals surface area contributed by atoms with Gasteiger partial charge in [0.05, 0.1) is 20.0 Å². The van der Waals surface area contributed by atoms with Crippen LogP contribution in [0.2, 0.25) is 0 Å². The second-order valence-electron chi connectivity index (χ2n) is 7.55. The molecule has 4 rings (SSSR count). The largest absolute Gasteiger partial charge is 0.365 e. The van der Waals surface area contributed by atoms with Crippen molar-refractivity contribution in [3.8, 4) is 6.07 Å². The monoisotopic (exact) mass is 515 g/mol. The van der Waals surface area contributed by atoms with E-state index in [1.165, 1.54) is 29.5 Å². The summed E-state index contributed by atoms with van der Waals surface area (Å²) in [5, 5.41) is 23.6. The van der Waals surface area contributed by atoms with Gasteiger partial charge in [-0.2, -0.15) is 5.26 Å². The van der Waals surface area contributed by atoms with Crippen molar-refractivity contribution in [3.05, 3.63) is 93.0 Å². The molecule has 0 aliphatic carbocycles. The number of nitrogens with one attached hydrogen (secondary N) is 1. The third-order valence-electron chi connectivity index (χ3n) is 5.09. The number of aromatic nitrogens is 1. The van der Waals surface area contributed by atoms with E-state index in [4.69, 9.17) is 11.0 Å². The zero-order valence-electron chi connectivity index (χ0n) is 18.7. The van der Waals surface area contributed by atoms with Crippen LogP contribution in [0.3, 0.4) is 0 Å². The maximum Gasteiger partial charge on any atom is 0.283 e. The number of carbonyl (C=O) groups excluding carboxylic acids is 2. The second-order valence-corrected chi connectivity index (χ2v) is 9.87. The van der Waals surface area contributed by atoms with E-state index < -0.39 is 10.8 Å². The Morgan fingerprint density at radius 2 is 1.97 bits per heavy atom. The molecule has 9 nitrogen and oxygen atoms in total. The average molecular weight is 516 g/mol. The molecule has 0 radical (unpaired) electrons. The summed E-state index contributed by atoms with van der Waals surface area (Å²) in [6, 6.07) is 18.7. The van der Waals surface area contributed by atoms with Gasteiger partial charge in [0.2, 0.25) is 0 Å². The van der Waals surface area contributed by atoms with E-state index in [1.54, 1.807) is 36.4 Å². The molecule has 1 heterocycles. The lowest BCUT2D eigenvalue weighted by Gasteiger charge is -2.07. The van der Waals surface area contributed by atoms with Gasteiger partial charge in [0.25, 0.3) is 17.5 Å². The number of fused-ring (bicyclic) bond motifs is 1. The van der Waals surface area contributed by atoms with Crippen molar-refractivity contribution in [2.45, 2.75) is 16.2 Å². The normalized spacial score (nSPS) is 11.2. The van der Waals surface area contributed by atoms with Gasteiger partial charge in [0, 0.05) is 17.3 Å². The molecule has 0 saturated carbocycles. The van der Waals surface area contributed by atoms with Crippen LogP contribution < -0.4 is 11.1 Å². The van der Waals surface area contributed by atoms with Crippen LogP contribution in [0.25, 0.3) is 16.3 Å². The van der Waals surface area contributed by atoms with Crippen LogP contribution in [0.4, 0.5) is 11.4 Å². The first kappa shape index (κ1) is 24.6. The Labute approximate surface area is 213 Å². The van der Waals surface area contributed by atoms with E-state index in [2.05, 4.69) is 10.3 Å². The minimum atomic E-state index is -0.914. The first-order valence-corrected chi connectivity index (χ1v) is 12.0. The van der Waals surface area contributed by atoms with Gasteiger partial charge in [-0.3, -0.25) is 19.7 Å². The van der Waals surface area contributed by atoms with E-state index in [9.17, 15) is 19.7 Å². The zero-order chi connectivity index (χ0) is 25.8. The van der Waals surface area contributed by atoms with Crippen LogP contribution in [0, 0.1) is 28.4 Å². The Morgan fingerprint density at radius 3 is 2.67 bits per heavy atom. The SMILES string of the molecule is Cc1ccccc1C(=O)Nc1ccc2nc(Sc3ccc(/C=C(\C#N)C(N)=O)cc3[N+](=O)[O-])sc2c1. The lowest BCUT2D eigenvalue weighted by atomic mass is 10.1. The number of primary amides is 1. The number of nitro benzene ring substituents is 1. The summed E-state index contributed by atoms with van der Waals surface area (Å²) in [5.74, 6) is -1.13. The van der Waals surface area contributed by atoms with E-state index in [-0.39, 0.29) is 17.2 Å². The molecular formula is C25H17N5O4S2. The topological polar surface area (TPSA) is 152 Å². The van der Waals surface area contributed by atoms with Crippen molar-refractivity contribution in [2.24, 2.45) is 5.73 Å². The Balaban J connectivity index is 1.59. The third kappa shape index (κ3) is 5.41. The molecule has 0 bridgehead atoms. The number of amides is 2. The minimum absolute atomic E-state index is 0.194. The summed E-state index contributed by atoms with van der Waals surface area (Å²) in [5.41, 5.74) is 7.70. The lowest BCUT2D eigenvalue weighted by molar-refractivity contribution is -0.387. The highest BCUT2D eigenvalue weighted by Crippen LogP contribution is 2.39. The molecule has 0 spiro atoms. The van der Waals surface area contributed by atoms with Crippen molar-refractivity contribution < 1.29 is 14.5 Å². The number of thiazole rings is 1. The molecule has 11 heteroatoms. The number of nitro groups is 1. The summed E-state index contributed by atoms with van der Waals surface area (Å²) < 4.78 is 1.39. The molecule has 2 amide bonds. The standard InChI is InChI=1S/C25H17N5O4S2/c1-14-4-2-3-5-18(14)24(32)28-17-7-8-19-22(12-17)36-25(29-19)35-21-9-6-15(11-20(21)30(33)34)10-16(13-26)23(27)31/h2-12H,1H3,(H2,27,31)(H,28,32)/b16-10+. The van der Waals surface area contributed by atoms with Crippen molar-refractivity contribution in [2.75, 3.05) is 5.32 Å². The number of benzene rings is 3. The number of nitrogens with zero attached hydrogens (tertiary/aromatic N) is 3. The first-order valence-electron chi connectivity index (χ1n) is 10.4. The molecule has 0 fully saturated rings. The number of hydrogen-bond acceptors (Lipinski definition) is 8. The first-order chi connectivity index (χ1) is 17.2. The number of nitriles is 1. The summed E-state index contributed by atoms with van der Waals surface area (Å²) >= 11 is 2.46. The van der Waals surface area contributed by atoms with Crippen molar-refractivity contribution in [1.82, 2.24) is 4.98 Å². The van der Waals surface area contributed by atoms with Crippen LogP contribution in [0.5, 0.6) is 0 Å². The van der Waals surface area contributed by atoms with Gasteiger partial charge < -0.3 is 11.1 Å². The highest BCUT2D eigenvalue weighted by atomic mass is 32.2. The Morgan fingerprint density at radius 1 is 1.19 bits per heavy atom. The van der Waals surface area contributed by atoms with Gasteiger partial charge in [0.1, 0.15) is 11.6 Å². The maximum absolute atomic E-state index is 12.6. The van der Waals surface area contributed by atoms with E-state index in [1.807, 2.05) is 25.1 Å². The molecule has 4 aromatic rings. The summed E-state index contributed by atoms with van der Waals surface area (Å²) in [4.78, 5) is 39.9. The van der Waals surface area contributed by atoms with Crippen molar-refractivity contribution in [3.63, 3.8) is 0 Å². The molecule has 36 heavy (non-hydrogen) atoms. The maximum atomic E-state index is 12.6. The number of anilines is 1. The zero-order valence-corrected chi connectivity index (χ0v) is 20.4. The van der Waals surface area contributed by atoms with E-state index in [0.29, 0.717) is 31.6 Å². The molecule has 0 atom stereocenters. The van der Waals surface area contributed by atoms with Gasteiger partial charge in [-0.05, 0) is 54.5 Å². The average Bonchev–Trinajstić information content (AvgIpc) is 3.24. The van der Waals surface area contributed by atoms with Crippen LogP contribution in [-0.2, 0) is 4.79 Å². The highest BCUT2D eigenvalue weighted by Gasteiger charge is 2.18. The molecule has 0 unspecified atom stereocenters. The Bertz CT molecular complexity index is 1600. The summed E-state index contributed by atoms with van der Waals surface area (Å²) in [6.45, 7) is 1.87. The quantitative estimate of drug-likeness (QED) is 0.146. The fourth-order valence-electron chi connectivity index (χ4n) is 3.32. The number of hydrogen-bond donors (Lipinski definition) is 2. The number of rotatable bonds is 7. The van der Waals surface area contributed by atoms with Crippen molar-refractivity contribution >= 4 is 62.6 Å². The number of carbonyl (C=O) groups is 2. The predicted molar refractivity (Wildman–Crippen MR) is 139 cm³/mol. The van der Waals surface area contributed by atoms with Gasteiger partial charge in [-0.25, -0.2) is 4.98 Å². The fraction of sp³-hybridized carbons (Fsp3) is 0.0400.